The van der Waals surface area contributed by atoms with E-state index in [4.69, 9.17) is 10.6 Å². The average Bonchev–Trinajstić information content (AvgIpc) is 2.88. The van der Waals surface area contributed by atoms with E-state index in [0.717, 1.165) is 24.2 Å². The van der Waals surface area contributed by atoms with Gasteiger partial charge in [-0.3, -0.25) is 9.54 Å². The van der Waals surface area contributed by atoms with Gasteiger partial charge < -0.3 is 10.6 Å². The first-order valence-corrected chi connectivity index (χ1v) is 12.6. The summed E-state index contributed by atoms with van der Waals surface area (Å²) >= 11 is 0. The zero-order valence-corrected chi connectivity index (χ0v) is 20.3. The molecule has 1 heterocycles. The van der Waals surface area contributed by atoms with Crippen molar-refractivity contribution in [3.8, 4) is 17.0 Å². The third-order valence-corrected chi connectivity index (χ3v) is 6.23. The molecule has 0 spiro atoms. The first-order chi connectivity index (χ1) is 17.4. The number of benzene rings is 3. The summed E-state index contributed by atoms with van der Waals surface area (Å²) in [7, 11) is -4.54. The Bertz CT molecular complexity index is 1540. The normalized spacial score (nSPS) is 12.1. The van der Waals surface area contributed by atoms with Gasteiger partial charge in [0.05, 0.1) is 18.5 Å². The predicted molar refractivity (Wildman–Crippen MR) is 137 cm³/mol. The summed E-state index contributed by atoms with van der Waals surface area (Å²) in [6, 6.07) is 18.9. The number of aromatic nitrogens is 1. The van der Waals surface area contributed by atoms with Crippen LogP contribution in [-0.2, 0) is 10.1 Å². The molecule has 0 saturated heterocycles. The fraction of sp³-hybridized carbons (Fsp3) is 0.160. The first kappa shape index (κ1) is 24.9. The smallest absolute Gasteiger partial charge is 0.295 e. The van der Waals surface area contributed by atoms with E-state index < -0.39 is 10.1 Å². The highest BCUT2D eigenvalue weighted by atomic mass is 32.2. The third kappa shape index (κ3) is 5.53. The Morgan fingerprint density at radius 1 is 0.972 bits per heavy atom. The lowest BCUT2D eigenvalue weighted by Crippen LogP contribution is -1.99. The molecule has 3 N–H and O–H groups in total. The van der Waals surface area contributed by atoms with Crippen LogP contribution in [-0.4, -0.2) is 24.6 Å². The van der Waals surface area contributed by atoms with Crippen molar-refractivity contribution in [1.29, 1.82) is 0 Å². The third-order valence-electron chi connectivity index (χ3n) is 5.33. The molecule has 0 fully saturated rings. The van der Waals surface area contributed by atoms with Crippen molar-refractivity contribution >= 4 is 38.0 Å². The number of nitrogens with zero attached hydrogens (tertiary/aromatic N) is 5. The van der Waals surface area contributed by atoms with Gasteiger partial charge in [-0.1, -0.05) is 55.0 Å². The molecule has 0 aliphatic heterocycles. The lowest BCUT2D eigenvalue weighted by Gasteiger charge is -2.10. The molecule has 0 bridgehead atoms. The van der Waals surface area contributed by atoms with Gasteiger partial charge in [-0.05, 0) is 36.8 Å². The van der Waals surface area contributed by atoms with Gasteiger partial charge in [0.1, 0.15) is 27.7 Å². The zero-order valence-electron chi connectivity index (χ0n) is 19.4. The Balaban J connectivity index is 1.69. The molecular weight excluding hydrogens is 480 g/mol. The molecule has 4 rings (SSSR count). The number of azo groups is 1. The molecule has 0 radical (unpaired) electrons. The Morgan fingerprint density at radius 3 is 2.42 bits per heavy atom. The number of hydrogen-bond donors (Lipinski definition) is 2. The molecule has 4 aromatic rings. The molecule has 0 unspecified atom stereocenters. The molecule has 0 aliphatic rings. The average molecular weight is 505 g/mol. The van der Waals surface area contributed by atoms with Crippen LogP contribution in [0.4, 0.5) is 17.1 Å². The minimum Gasteiger partial charge on any atom is -0.493 e. The van der Waals surface area contributed by atoms with Gasteiger partial charge in [0.25, 0.3) is 10.1 Å². The van der Waals surface area contributed by atoms with Crippen LogP contribution >= 0.6 is 0 Å². The maximum absolute atomic E-state index is 12.0. The molecule has 11 heteroatoms. The van der Waals surface area contributed by atoms with Gasteiger partial charge >= 0.3 is 0 Å². The van der Waals surface area contributed by atoms with E-state index in [0.29, 0.717) is 23.4 Å². The van der Waals surface area contributed by atoms with Crippen LogP contribution in [0.3, 0.4) is 0 Å². The monoisotopic (exact) mass is 504 g/mol. The number of hydrogen-bond acceptors (Lipinski definition) is 8. The van der Waals surface area contributed by atoms with Gasteiger partial charge in [-0.15, -0.1) is 15.3 Å². The minimum absolute atomic E-state index is 0.0641. The van der Waals surface area contributed by atoms with Crippen molar-refractivity contribution in [1.82, 2.24) is 4.98 Å². The second-order valence-electron chi connectivity index (χ2n) is 7.78. The number of unbranched alkanes of at least 4 members (excludes halogenated alkanes) is 1. The molecule has 0 amide bonds. The maximum atomic E-state index is 12.0. The fourth-order valence-corrected chi connectivity index (χ4v) is 4.33. The summed E-state index contributed by atoms with van der Waals surface area (Å²) in [4.78, 5) is 4.16. The predicted octanol–water partition coefficient (Wildman–Crippen LogP) is 6.70. The highest BCUT2D eigenvalue weighted by Crippen LogP contribution is 2.41. The summed E-state index contributed by atoms with van der Waals surface area (Å²) in [6.45, 7) is 2.73. The van der Waals surface area contributed by atoms with Crippen LogP contribution < -0.4 is 10.6 Å². The minimum atomic E-state index is -4.54. The molecule has 0 atom stereocenters. The zero-order chi connectivity index (χ0) is 25.5. The Labute approximate surface area is 208 Å². The van der Waals surface area contributed by atoms with Crippen molar-refractivity contribution in [3.05, 3.63) is 72.9 Å². The van der Waals surface area contributed by atoms with Crippen LogP contribution in [0, 0.1) is 0 Å². The van der Waals surface area contributed by atoms with Gasteiger partial charge in [0.15, 0.2) is 0 Å². The van der Waals surface area contributed by atoms with Crippen molar-refractivity contribution in [2.75, 3.05) is 6.61 Å². The first-order valence-electron chi connectivity index (χ1n) is 11.2. The molecule has 10 nitrogen and oxygen atoms in total. The van der Waals surface area contributed by atoms with E-state index in [9.17, 15) is 13.0 Å². The van der Waals surface area contributed by atoms with Crippen molar-refractivity contribution in [2.24, 2.45) is 26.4 Å². The second kappa shape index (κ2) is 11.0. The highest BCUT2D eigenvalue weighted by molar-refractivity contribution is 7.86. The topological polar surface area (TPSA) is 152 Å². The van der Waals surface area contributed by atoms with Crippen LogP contribution in [0.1, 0.15) is 19.8 Å². The quantitative estimate of drug-likeness (QED) is 0.0850. The molecule has 0 saturated carbocycles. The second-order valence-corrected chi connectivity index (χ2v) is 9.17. The van der Waals surface area contributed by atoms with Crippen LogP contribution in [0.5, 0.6) is 5.75 Å². The summed E-state index contributed by atoms with van der Waals surface area (Å²) in [5.41, 5.74) is 2.26. The largest absolute Gasteiger partial charge is 0.493 e. The molecule has 36 heavy (non-hydrogen) atoms. The van der Waals surface area contributed by atoms with E-state index >= 15 is 0 Å². The van der Waals surface area contributed by atoms with Gasteiger partial charge in [-0.25, -0.2) is 0 Å². The Hall–Kier alpha value is -4.22. The summed E-state index contributed by atoms with van der Waals surface area (Å²) < 4.78 is 39.7. The van der Waals surface area contributed by atoms with Gasteiger partial charge in [0.2, 0.25) is 0 Å². The Kier molecular flexibility index (Phi) is 7.62. The molecule has 0 aliphatic carbocycles. The van der Waals surface area contributed by atoms with Crippen molar-refractivity contribution in [3.63, 3.8) is 0 Å². The summed E-state index contributed by atoms with van der Waals surface area (Å²) in [6.07, 6.45) is 3.54. The lowest BCUT2D eigenvalue weighted by molar-refractivity contribution is 0.310. The fourth-order valence-electron chi connectivity index (χ4n) is 3.61. The van der Waals surface area contributed by atoms with E-state index in [1.165, 1.54) is 12.3 Å². The van der Waals surface area contributed by atoms with E-state index in [-0.39, 0.29) is 21.7 Å². The summed E-state index contributed by atoms with van der Waals surface area (Å²) in [5, 5.41) is 16.2. The van der Waals surface area contributed by atoms with Crippen molar-refractivity contribution in [2.45, 2.75) is 24.7 Å². The van der Waals surface area contributed by atoms with Crippen LogP contribution in [0.2, 0.25) is 0 Å². The van der Waals surface area contributed by atoms with E-state index in [1.807, 2.05) is 24.3 Å². The maximum Gasteiger partial charge on any atom is 0.295 e. The van der Waals surface area contributed by atoms with Crippen LogP contribution in [0.15, 0.2) is 98.4 Å². The number of rotatable bonds is 9. The summed E-state index contributed by atoms with van der Waals surface area (Å²) in [5.74, 6) is 6.02. The number of para-hydroxylation sites is 1. The van der Waals surface area contributed by atoms with Crippen molar-refractivity contribution < 1.29 is 17.7 Å². The number of pyridine rings is 1. The molecule has 184 valence electrons. The number of ether oxygens (including phenoxy) is 1. The molecular formula is C25H24N6O4S. The van der Waals surface area contributed by atoms with E-state index in [2.05, 4.69) is 32.5 Å². The molecule has 3 aromatic carbocycles. The van der Waals surface area contributed by atoms with Gasteiger partial charge in [0, 0.05) is 16.3 Å². The highest BCUT2D eigenvalue weighted by Gasteiger charge is 2.20. The van der Waals surface area contributed by atoms with Gasteiger partial charge in [-0.2, -0.15) is 8.42 Å². The lowest BCUT2D eigenvalue weighted by atomic mass is 10.1. The standard InChI is InChI=1S/C25H24N6O4S/c1-2-3-14-35-23-11-7-6-10-20(23)21-13-12-17(16-27-21)28-29-22-15-24(36(32,33)34)18-8-4-5-9-19(18)25(22)30-31-26/h4-13,15-16H,2-3,14H2,1H3,(H2,26,30)(H,32,33,34)/b29-28+. The van der Waals surface area contributed by atoms with E-state index in [1.54, 1.807) is 36.4 Å². The number of nitrogens with two attached hydrogens (primary N) is 1. The molecule has 1 aromatic heterocycles. The SMILES string of the molecule is CCCCOc1ccccc1-c1ccc(/N=N/c2cc(S(=O)(=O)O)c3ccccc3c2N=NN)cn1. The Morgan fingerprint density at radius 2 is 1.72 bits per heavy atom. The van der Waals surface area contributed by atoms with Crippen LogP contribution in [0.25, 0.3) is 22.0 Å². The number of fused-ring (bicyclic) bond motifs is 1.